The number of fused-ring (bicyclic) bond motifs is 1. The van der Waals surface area contributed by atoms with Crippen LogP contribution in [0.4, 0.5) is 0 Å². The molecule has 0 aliphatic rings. The molecule has 2 aromatic heterocycles. The smallest absolute Gasteiger partial charge is 0.329 e. The van der Waals surface area contributed by atoms with Gasteiger partial charge in [-0.25, -0.2) is 9.78 Å². The number of ether oxygens (including phenoxy) is 1. The van der Waals surface area contributed by atoms with Crippen molar-refractivity contribution in [3.05, 3.63) is 26.7 Å². The van der Waals surface area contributed by atoms with Crippen molar-refractivity contribution < 1.29 is 9.53 Å². The normalized spacial score (nSPS) is 12.4. The molecule has 0 fully saturated rings. The molecule has 2 aromatic rings. The predicted octanol–water partition coefficient (Wildman–Crippen LogP) is 3.73. The van der Waals surface area contributed by atoms with E-state index < -0.39 is 5.69 Å². The van der Waals surface area contributed by atoms with Crippen LogP contribution < -0.4 is 11.2 Å². The Balaban J connectivity index is 1.58. The predicted molar refractivity (Wildman–Crippen MR) is 126 cm³/mol. The van der Waals surface area contributed by atoms with Gasteiger partial charge in [-0.1, -0.05) is 60.9 Å². The first-order valence-electron chi connectivity index (χ1n) is 11.2. The van der Waals surface area contributed by atoms with E-state index in [0.29, 0.717) is 16.5 Å². The molecule has 0 spiro atoms. The molecule has 174 valence electrons. The molecule has 1 N–H and O–H groups in total. The number of hydrogen-bond donors (Lipinski definition) is 1. The molecule has 1 atom stereocenters. The molecule has 0 aromatic carbocycles. The lowest BCUT2D eigenvalue weighted by atomic mass is 10.0. The van der Waals surface area contributed by atoms with Gasteiger partial charge in [0, 0.05) is 32.8 Å². The number of aromatic nitrogens is 4. The van der Waals surface area contributed by atoms with Crippen LogP contribution in [0.2, 0.25) is 0 Å². The van der Waals surface area contributed by atoms with E-state index in [4.69, 9.17) is 4.74 Å². The summed E-state index contributed by atoms with van der Waals surface area (Å²) in [7, 11) is 3.45. The highest BCUT2D eigenvalue weighted by Gasteiger charge is 2.14. The number of alkyl halides is 1. The number of nitrogens with zero attached hydrogens (tertiary/aromatic N) is 3. The molecule has 2 heterocycles. The van der Waals surface area contributed by atoms with Gasteiger partial charge in [0.1, 0.15) is 11.9 Å². The largest absolute Gasteiger partial charge is 0.462 e. The molecule has 0 aliphatic heterocycles. The molecule has 0 saturated heterocycles. The summed E-state index contributed by atoms with van der Waals surface area (Å²) in [6, 6.07) is 0. The monoisotopic (exact) mass is 498 g/mol. The lowest BCUT2D eigenvalue weighted by Gasteiger charge is -2.13. The number of carbonyl (C=O) groups excluding carboxylic acids is 1. The standard InChI is InChI=1S/C22H35BrN4O4/c1-16(28)31-17(15-23)13-11-9-7-5-4-6-8-10-12-14-18-24-20-19(26(18)2)21(29)25-22(30)27(20)3/h17H,4-15H2,1-3H3,(H,25,29,30). The first-order chi connectivity index (χ1) is 14.8. The summed E-state index contributed by atoms with van der Waals surface area (Å²) in [6.45, 7) is 1.46. The fourth-order valence-electron chi connectivity index (χ4n) is 3.87. The van der Waals surface area contributed by atoms with Gasteiger partial charge in [-0.2, -0.15) is 0 Å². The lowest BCUT2D eigenvalue weighted by Crippen LogP contribution is -2.29. The number of rotatable bonds is 14. The Morgan fingerprint density at radius 1 is 1.00 bits per heavy atom. The highest BCUT2D eigenvalue weighted by atomic mass is 79.9. The Hall–Kier alpha value is -1.90. The Morgan fingerprint density at radius 2 is 1.58 bits per heavy atom. The highest BCUT2D eigenvalue weighted by molar-refractivity contribution is 9.09. The molecule has 31 heavy (non-hydrogen) atoms. The van der Waals surface area contributed by atoms with Crippen LogP contribution in [0.25, 0.3) is 11.2 Å². The Kier molecular flexibility index (Phi) is 10.5. The molecule has 0 aliphatic carbocycles. The van der Waals surface area contributed by atoms with Crippen LogP contribution in [0.5, 0.6) is 0 Å². The average Bonchev–Trinajstić information content (AvgIpc) is 3.06. The molecular formula is C22H35BrN4O4. The van der Waals surface area contributed by atoms with Gasteiger partial charge in [0.15, 0.2) is 11.2 Å². The van der Waals surface area contributed by atoms with Crippen molar-refractivity contribution in [2.75, 3.05) is 5.33 Å². The molecule has 0 amide bonds. The van der Waals surface area contributed by atoms with Crippen LogP contribution in [0.3, 0.4) is 0 Å². The first kappa shape index (κ1) is 25.4. The Bertz CT molecular complexity index is 963. The third-order valence-electron chi connectivity index (χ3n) is 5.66. The van der Waals surface area contributed by atoms with Gasteiger partial charge in [-0.3, -0.25) is 19.1 Å². The second-order valence-electron chi connectivity index (χ2n) is 8.18. The number of unbranched alkanes of at least 4 members (excludes halogenated alkanes) is 8. The van der Waals surface area contributed by atoms with Gasteiger partial charge in [0.2, 0.25) is 0 Å². The minimum atomic E-state index is -0.436. The topological polar surface area (TPSA) is 99.0 Å². The highest BCUT2D eigenvalue weighted by Crippen LogP contribution is 2.15. The maximum absolute atomic E-state index is 12.1. The van der Waals surface area contributed by atoms with E-state index in [0.717, 1.165) is 37.9 Å². The molecule has 1 unspecified atom stereocenters. The van der Waals surface area contributed by atoms with Gasteiger partial charge < -0.3 is 9.30 Å². The minimum Gasteiger partial charge on any atom is -0.462 e. The maximum Gasteiger partial charge on any atom is 0.329 e. The molecule has 9 heteroatoms. The average molecular weight is 499 g/mol. The quantitative estimate of drug-likeness (QED) is 0.243. The van der Waals surface area contributed by atoms with Crippen molar-refractivity contribution in [1.29, 1.82) is 0 Å². The van der Waals surface area contributed by atoms with E-state index in [9.17, 15) is 14.4 Å². The van der Waals surface area contributed by atoms with Crippen molar-refractivity contribution in [3.63, 3.8) is 0 Å². The summed E-state index contributed by atoms with van der Waals surface area (Å²) in [5.41, 5.74) is 0.0805. The third kappa shape index (κ3) is 7.63. The van der Waals surface area contributed by atoms with Crippen LogP contribution in [-0.2, 0) is 30.0 Å². The number of aromatic amines is 1. The molecular weight excluding hydrogens is 464 g/mol. The second-order valence-corrected chi connectivity index (χ2v) is 8.83. The number of aryl methyl sites for hydroxylation is 3. The molecule has 0 bridgehead atoms. The fraction of sp³-hybridized carbons (Fsp3) is 0.727. The van der Waals surface area contributed by atoms with E-state index in [1.54, 1.807) is 11.6 Å². The molecule has 8 nitrogen and oxygen atoms in total. The zero-order valence-corrected chi connectivity index (χ0v) is 20.5. The van der Waals surface area contributed by atoms with Crippen LogP contribution in [0.1, 0.15) is 77.0 Å². The van der Waals surface area contributed by atoms with Gasteiger partial charge in [0.05, 0.1) is 0 Å². The number of carbonyl (C=O) groups is 1. The summed E-state index contributed by atoms with van der Waals surface area (Å²) >= 11 is 3.39. The zero-order chi connectivity index (χ0) is 22.8. The van der Waals surface area contributed by atoms with Crippen molar-refractivity contribution in [2.45, 2.75) is 83.7 Å². The number of halogens is 1. The number of H-pyrrole nitrogens is 1. The first-order valence-corrected chi connectivity index (χ1v) is 12.3. The van der Waals surface area contributed by atoms with E-state index in [2.05, 4.69) is 25.9 Å². The second kappa shape index (κ2) is 12.8. The minimum absolute atomic E-state index is 0.00274. The van der Waals surface area contributed by atoms with E-state index in [1.165, 1.54) is 50.0 Å². The molecule has 0 saturated carbocycles. The van der Waals surface area contributed by atoms with E-state index >= 15 is 0 Å². The van der Waals surface area contributed by atoms with Gasteiger partial charge >= 0.3 is 11.7 Å². The van der Waals surface area contributed by atoms with Gasteiger partial charge in [0.25, 0.3) is 5.56 Å². The van der Waals surface area contributed by atoms with Crippen LogP contribution in [-0.4, -0.2) is 36.5 Å². The zero-order valence-electron chi connectivity index (χ0n) is 18.9. The Morgan fingerprint density at radius 3 is 2.16 bits per heavy atom. The van der Waals surface area contributed by atoms with Crippen molar-refractivity contribution in [3.8, 4) is 0 Å². The number of esters is 1. The van der Waals surface area contributed by atoms with Crippen molar-refractivity contribution >= 4 is 33.1 Å². The van der Waals surface area contributed by atoms with E-state index in [-0.39, 0.29) is 17.6 Å². The lowest BCUT2D eigenvalue weighted by molar-refractivity contribution is -0.145. The summed E-state index contributed by atoms with van der Waals surface area (Å²) in [6.07, 6.45) is 12.3. The summed E-state index contributed by atoms with van der Waals surface area (Å²) in [4.78, 5) is 41.7. The number of imidazole rings is 1. The van der Waals surface area contributed by atoms with Crippen LogP contribution >= 0.6 is 15.9 Å². The number of hydrogen-bond acceptors (Lipinski definition) is 5. The summed E-state index contributed by atoms with van der Waals surface area (Å²) in [5.74, 6) is 0.636. The van der Waals surface area contributed by atoms with Crippen molar-refractivity contribution in [1.82, 2.24) is 19.1 Å². The number of nitrogens with one attached hydrogen (secondary N) is 1. The molecule has 0 radical (unpaired) electrons. The SMILES string of the molecule is CC(=O)OC(CBr)CCCCCCCCCCCc1nc2c(c(=O)[nH]c(=O)n2C)n1C. The molecule has 2 rings (SSSR count). The summed E-state index contributed by atoms with van der Waals surface area (Å²) in [5, 5.41) is 0.704. The Labute approximate surface area is 191 Å². The van der Waals surface area contributed by atoms with Gasteiger partial charge in [-0.15, -0.1) is 0 Å². The van der Waals surface area contributed by atoms with Crippen molar-refractivity contribution in [2.24, 2.45) is 14.1 Å². The fourth-order valence-corrected chi connectivity index (χ4v) is 4.33. The maximum atomic E-state index is 12.1. The third-order valence-corrected chi connectivity index (χ3v) is 6.38. The summed E-state index contributed by atoms with van der Waals surface area (Å²) < 4.78 is 8.42. The van der Waals surface area contributed by atoms with Gasteiger partial charge in [-0.05, 0) is 19.3 Å². The van der Waals surface area contributed by atoms with Crippen LogP contribution in [0, 0.1) is 0 Å². The van der Waals surface area contributed by atoms with E-state index in [1.807, 2.05) is 7.05 Å². The van der Waals surface area contributed by atoms with Crippen LogP contribution in [0.15, 0.2) is 9.59 Å².